The fraction of sp³-hybridized carbons (Fsp3) is 0.400. The molecule has 2 N–H and O–H groups in total. The molecule has 18 heavy (non-hydrogen) atoms. The lowest BCUT2D eigenvalue weighted by Gasteiger charge is -1.95. The Morgan fingerprint density at radius 1 is 1.11 bits per heavy atom. The molecule has 0 aliphatic rings. The Morgan fingerprint density at radius 2 is 1.78 bits per heavy atom. The van der Waals surface area contributed by atoms with Gasteiger partial charge in [-0.15, -0.1) is 9.05 Å². The molecule has 0 saturated carbocycles. The highest BCUT2D eigenvalue weighted by molar-refractivity contribution is 7.33. The number of primary amides is 1. The molecule has 0 bridgehead atoms. The molecule has 0 spiro atoms. The van der Waals surface area contributed by atoms with Crippen LogP contribution in [0.3, 0.4) is 0 Å². The number of hydrogen-bond donors (Lipinski definition) is 1. The summed E-state index contributed by atoms with van der Waals surface area (Å²) in [6.45, 7) is 0.771. The van der Waals surface area contributed by atoms with Crippen LogP contribution in [-0.4, -0.2) is 25.9 Å². The predicted molar refractivity (Wildman–Crippen MR) is 61.7 cm³/mol. The van der Waals surface area contributed by atoms with Gasteiger partial charge in [-0.25, -0.2) is 9.36 Å². The van der Waals surface area contributed by atoms with Gasteiger partial charge in [0.1, 0.15) is 13.2 Å². The average molecular weight is 274 g/mol. The van der Waals surface area contributed by atoms with E-state index in [0.717, 1.165) is 0 Å². The minimum absolute atomic E-state index is 0.0172. The van der Waals surface area contributed by atoms with E-state index >= 15 is 0 Å². The van der Waals surface area contributed by atoms with E-state index in [-0.39, 0.29) is 19.8 Å². The van der Waals surface area contributed by atoms with E-state index in [0.29, 0.717) is 6.54 Å². The van der Waals surface area contributed by atoms with Crippen molar-refractivity contribution in [3.63, 3.8) is 0 Å². The third-order valence-electron chi connectivity index (χ3n) is 1.85. The topological polar surface area (TPSA) is 91.7 Å². The van der Waals surface area contributed by atoms with Crippen molar-refractivity contribution in [2.75, 3.05) is 19.8 Å². The second-order valence-electron chi connectivity index (χ2n) is 3.17. The van der Waals surface area contributed by atoms with Gasteiger partial charge in [0.15, 0.2) is 25.5 Å². The first-order valence-corrected chi connectivity index (χ1v) is 6.37. The third-order valence-corrected chi connectivity index (χ3v) is 2.63. The van der Waals surface area contributed by atoms with Crippen molar-refractivity contribution in [2.45, 2.75) is 6.54 Å². The van der Waals surface area contributed by atoms with Crippen LogP contribution in [0, 0.1) is 0 Å². The molecular weight excluding hydrogens is 259 g/mol. The molecule has 0 aliphatic heterocycles. The third kappa shape index (κ3) is 6.90. The van der Waals surface area contributed by atoms with E-state index in [4.69, 9.17) is 14.8 Å². The van der Waals surface area contributed by atoms with E-state index in [1.807, 2.05) is 35.2 Å². The Kier molecular flexibility index (Phi) is 6.86. The molecule has 0 aromatic carbocycles. The molecule has 1 heterocycles. The van der Waals surface area contributed by atoms with Gasteiger partial charge in [0, 0.05) is 16.7 Å². The van der Waals surface area contributed by atoms with E-state index in [1.54, 1.807) is 0 Å². The summed E-state index contributed by atoms with van der Waals surface area (Å²) in [4.78, 5) is 10.2. The molecule has 98 valence electrons. The molecule has 0 saturated heterocycles. The Hall–Kier alpha value is -1.56. The number of carbonyl (C=O) groups is 1. The number of aromatic nitrogens is 1. The summed E-state index contributed by atoms with van der Waals surface area (Å²) in [5, 5.41) is 0. The van der Waals surface area contributed by atoms with E-state index in [1.165, 1.54) is 0 Å². The van der Waals surface area contributed by atoms with Crippen LogP contribution in [-0.2, 0) is 24.9 Å². The lowest BCUT2D eigenvalue weighted by Crippen LogP contribution is -2.34. The Morgan fingerprint density at radius 3 is 2.44 bits per heavy atom. The van der Waals surface area contributed by atoms with Crippen molar-refractivity contribution in [2.24, 2.45) is 5.73 Å². The van der Waals surface area contributed by atoms with Gasteiger partial charge in [-0.3, -0.25) is 0 Å². The Bertz CT molecular complexity index is 387. The summed E-state index contributed by atoms with van der Waals surface area (Å²) < 4.78 is 27.2. The van der Waals surface area contributed by atoms with Gasteiger partial charge in [-0.05, 0) is 0 Å². The van der Waals surface area contributed by atoms with Crippen LogP contribution in [0.25, 0.3) is 0 Å². The fourth-order valence-corrected chi connectivity index (χ4v) is 1.62. The summed E-state index contributed by atoms with van der Waals surface area (Å²) >= 11 is 0. The molecule has 7 nitrogen and oxygen atoms in total. The molecule has 1 rings (SSSR count). The largest absolute Gasteiger partial charge is 0.697 e. The van der Waals surface area contributed by atoms with E-state index in [2.05, 4.69) is 4.74 Å². The fourth-order valence-electron chi connectivity index (χ4n) is 1.10. The highest BCUT2D eigenvalue weighted by Crippen LogP contribution is 2.22. The molecule has 1 aromatic heterocycles. The van der Waals surface area contributed by atoms with Crippen molar-refractivity contribution in [3.8, 4) is 0 Å². The molecule has 1 unspecified atom stereocenters. The molecule has 8 heteroatoms. The second kappa shape index (κ2) is 8.52. The van der Waals surface area contributed by atoms with Crippen LogP contribution < -0.4 is 10.3 Å². The monoisotopic (exact) mass is 274 g/mol. The van der Waals surface area contributed by atoms with Crippen LogP contribution >= 0.6 is 8.25 Å². The molecule has 1 aromatic rings. The number of amides is 1. The van der Waals surface area contributed by atoms with Crippen LogP contribution in [0.2, 0.25) is 0 Å². The van der Waals surface area contributed by atoms with Crippen LogP contribution in [0.4, 0.5) is 4.79 Å². The maximum Gasteiger partial charge on any atom is 0.697 e. The Labute approximate surface area is 105 Å². The summed E-state index contributed by atoms with van der Waals surface area (Å²) in [5.74, 6) is 0. The lowest BCUT2D eigenvalue weighted by atomic mass is 10.5. The smallest absolute Gasteiger partial charge is 0.447 e. The zero-order valence-electron chi connectivity index (χ0n) is 9.73. The van der Waals surface area contributed by atoms with Crippen molar-refractivity contribution in [1.82, 2.24) is 0 Å². The summed E-state index contributed by atoms with van der Waals surface area (Å²) in [5.41, 5.74) is 4.73. The summed E-state index contributed by atoms with van der Waals surface area (Å²) in [6, 6.07) is 5.68. The zero-order valence-corrected chi connectivity index (χ0v) is 10.6. The highest BCUT2D eigenvalue weighted by Gasteiger charge is 2.20. The molecule has 0 aliphatic carbocycles. The van der Waals surface area contributed by atoms with Crippen LogP contribution in [0.15, 0.2) is 30.6 Å². The molecule has 0 fully saturated rings. The van der Waals surface area contributed by atoms with Crippen LogP contribution in [0.5, 0.6) is 0 Å². The lowest BCUT2D eigenvalue weighted by molar-refractivity contribution is -0.697. The number of ether oxygens (including phenoxy) is 1. The average Bonchev–Trinajstić information content (AvgIpc) is 2.36. The first kappa shape index (κ1) is 14.5. The number of pyridine rings is 1. The second-order valence-corrected chi connectivity index (χ2v) is 4.13. The number of rotatable bonds is 8. The predicted octanol–water partition coefficient (Wildman–Crippen LogP) is 0.760. The quantitative estimate of drug-likeness (QED) is 0.429. The zero-order chi connectivity index (χ0) is 13.2. The maximum absolute atomic E-state index is 11.2. The molecule has 1 atom stereocenters. The molecule has 1 amide bonds. The molecule has 0 radical (unpaired) electrons. The number of hydrogen-bond acceptors (Lipinski definition) is 5. The van der Waals surface area contributed by atoms with E-state index in [9.17, 15) is 9.36 Å². The highest BCUT2D eigenvalue weighted by atomic mass is 31.1. The normalized spacial score (nSPS) is 11.0. The first-order valence-electron chi connectivity index (χ1n) is 5.28. The standard InChI is InChI=1S/C10H14N2O5P/c11-10(13)15-8-9-17-18(14)16-7-6-12-4-2-1-3-5-12/h1-5H,6-9H2,(H-,11,13)/q+1/p+1. The van der Waals surface area contributed by atoms with Gasteiger partial charge in [0.2, 0.25) is 0 Å². The summed E-state index contributed by atoms with van der Waals surface area (Å²) in [7, 11) is -2.20. The van der Waals surface area contributed by atoms with Crippen molar-refractivity contribution in [1.29, 1.82) is 0 Å². The number of nitrogens with two attached hydrogens (primary N) is 1. The van der Waals surface area contributed by atoms with Gasteiger partial charge in [-0.1, -0.05) is 6.07 Å². The maximum atomic E-state index is 11.2. The van der Waals surface area contributed by atoms with Crippen molar-refractivity contribution >= 4 is 14.3 Å². The van der Waals surface area contributed by atoms with Crippen LogP contribution in [0.1, 0.15) is 0 Å². The van der Waals surface area contributed by atoms with Crippen molar-refractivity contribution < 1.29 is 27.7 Å². The Balaban J connectivity index is 2.05. The van der Waals surface area contributed by atoms with Gasteiger partial charge in [0.25, 0.3) is 0 Å². The SMILES string of the molecule is NC(=O)OCCO[P+](=O)OCC[n+]1ccccc1. The minimum atomic E-state index is -2.20. The van der Waals surface area contributed by atoms with E-state index < -0.39 is 14.3 Å². The first-order chi connectivity index (χ1) is 8.68. The van der Waals surface area contributed by atoms with Gasteiger partial charge in [-0.2, -0.15) is 0 Å². The van der Waals surface area contributed by atoms with Crippen molar-refractivity contribution in [3.05, 3.63) is 30.6 Å². The summed E-state index contributed by atoms with van der Waals surface area (Å²) in [6.07, 6.45) is 2.85. The number of carbonyl (C=O) groups excluding carboxylic acids is 1. The number of nitrogens with zero attached hydrogens (tertiary/aromatic N) is 1. The van der Waals surface area contributed by atoms with Gasteiger partial charge in [0.05, 0.1) is 0 Å². The van der Waals surface area contributed by atoms with Gasteiger partial charge >= 0.3 is 14.3 Å². The minimum Gasteiger partial charge on any atom is -0.447 e. The van der Waals surface area contributed by atoms with Gasteiger partial charge < -0.3 is 10.5 Å². The molecular formula is C10H15N2O5P+2.